The van der Waals surface area contributed by atoms with Crippen LogP contribution in [0.5, 0.6) is 0 Å². The van der Waals surface area contributed by atoms with Crippen molar-refractivity contribution in [1.82, 2.24) is 0 Å². The smallest absolute Gasteiger partial charge is 0.0386 e. The quantitative estimate of drug-likeness (QED) is 0.596. The molecule has 0 nitrogen and oxygen atoms in total. The first-order valence-electron chi connectivity index (χ1n) is 7.66. The lowest BCUT2D eigenvalue weighted by molar-refractivity contribution is 0.131. The van der Waals surface area contributed by atoms with Crippen LogP contribution in [0.3, 0.4) is 0 Å². The van der Waals surface area contributed by atoms with E-state index in [1.54, 1.807) is 0 Å². The van der Waals surface area contributed by atoms with Gasteiger partial charge in [0.15, 0.2) is 0 Å². The molecular formula is C16H30. The summed E-state index contributed by atoms with van der Waals surface area (Å²) in [6.45, 7) is 7.42. The highest BCUT2D eigenvalue weighted by molar-refractivity contribution is 4.81. The van der Waals surface area contributed by atoms with Crippen LogP contribution >= 0.6 is 0 Å². The standard InChI is InChI=1S/C16H30/c1-12-4-8-15(9-5-12)14(3)16-10-6-13(2)7-11-16/h12-16H,4-11H2,1-3H3. The lowest BCUT2D eigenvalue weighted by Gasteiger charge is -2.38. The fraction of sp³-hybridized carbons (Fsp3) is 1.00. The largest absolute Gasteiger partial charge is 0.0625 e. The van der Waals surface area contributed by atoms with Crippen molar-refractivity contribution in [2.75, 3.05) is 0 Å². The third-order valence-corrected chi connectivity index (χ3v) is 5.61. The van der Waals surface area contributed by atoms with E-state index in [4.69, 9.17) is 0 Å². The molecule has 0 aromatic carbocycles. The molecule has 0 aromatic heterocycles. The number of rotatable bonds is 2. The van der Waals surface area contributed by atoms with E-state index in [0.29, 0.717) is 0 Å². The average molecular weight is 222 g/mol. The molecular weight excluding hydrogens is 192 g/mol. The molecule has 0 saturated heterocycles. The van der Waals surface area contributed by atoms with Crippen molar-refractivity contribution in [1.29, 1.82) is 0 Å². The maximum atomic E-state index is 2.56. The highest BCUT2D eigenvalue weighted by atomic mass is 14.4. The van der Waals surface area contributed by atoms with Gasteiger partial charge in [-0.3, -0.25) is 0 Å². The third-order valence-electron chi connectivity index (χ3n) is 5.61. The van der Waals surface area contributed by atoms with Crippen LogP contribution in [0, 0.1) is 29.6 Å². The molecule has 0 unspecified atom stereocenters. The van der Waals surface area contributed by atoms with Gasteiger partial charge < -0.3 is 0 Å². The van der Waals surface area contributed by atoms with Gasteiger partial charge in [0.25, 0.3) is 0 Å². The van der Waals surface area contributed by atoms with Crippen LogP contribution in [-0.2, 0) is 0 Å². The van der Waals surface area contributed by atoms with E-state index < -0.39 is 0 Å². The Hall–Kier alpha value is 0. The summed E-state index contributed by atoms with van der Waals surface area (Å²) in [5.74, 6) is 5.16. The van der Waals surface area contributed by atoms with E-state index in [1.807, 2.05) is 0 Å². The minimum absolute atomic E-state index is 1.01. The Labute approximate surface area is 102 Å². The van der Waals surface area contributed by atoms with Crippen LogP contribution in [0.1, 0.15) is 72.1 Å². The fourth-order valence-electron chi connectivity index (χ4n) is 4.01. The maximum Gasteiger partial charge on any atom is -0.0386 e. The molecule has 2 saturated carbocycles. The van der Waals surface area contributed by atoms with Gasteiger partial charge in [-0.1, -0.05) is 46.5 Å². The van der Waals surface area contributed by atoms with Crippen molar-refractivity contribution in [2.24, 2.45) is 29.6 Å². The molecule has 94 valence electrons. The summed E-state index contributed by atoms with van der Waals surface area (Å²) in [5, 5.41) is 0. The van der Waals surface area contributed by atoms with Crippen LogP contribution in [0.2, 0.25) is 0 Å². The van der Waals surface area contributed by atoms with Crippen LogP contribution < -0.4 is 0 Å². The Balaban J connectivity index is 1.80. The molecule has 0 heterocycles. The predicted molar refractivity (Wildman–Crippen MR) is 71.4 cm³/mol. The summed E-state index contributed by atoms with van der Waals surface area (Å²) in [7, 11) is 0. The first kappa shape index (κ1) is 12.5. The molecule has 0 aromatic rings. The SMILES string of the molecule is CC1CCC(C(C)C2CCC(C)CC2)CC1. The fourth-order valence-corrected chi connectivity index (χ4v) is 4.01. The van der Waals surface area contributed by atoms with Gasteiger partial charge in [-0.2, -0.15) is 0 Å². The first-order chi connectivity index (χ1) is 7.66. The Morgan fingerprint density at radius 2 is 0.938 bits per heavy atom. The van der Waals surface area contributed by atoms with E-state index >= 15 is 0 Å². The van der Waals surface area contributed by atoms with Crippen molar-refractivity contribution < 1.29 is 0 Å². The maximum absolute atomic E-state index is 2.56. The van der Waals surface area contributed by atoms with Gasteiger partial charge in [0.05, 0.1) is 0 Å². The molecule has 0 bridgehead atoms. The monoisotopic (exact) mass is 222 g/mol. The van der Waals surface area contributed by atoms with Gasteiger partial charge in [0.2, 0.25) is 0 Å². The summed E-state index contributed by atoms with van der Waals surface area (Å²) in [4.78, 5) is 0. The topological polar surface area (TPSA) is 0 Å². The van der Waals surface area contributed by atoms with Crippen LogP contribution in [0.25, 0.3) is 0 Å². The van der Waals surface area contributed by atoms with E-state index in [0.717, 1.165) is 29.6 Å². The summed E-state index contributed by atoms with van der Waals surface area (Å²) >= 11 is 0. The summed E-state index contributed by atoms with van der Waals surface area (Å²) in [6.07, 6.45) is 12.1. The lowest BCUT2D eigenvalue weighted by atomic mass is 9.68. The van der Waals surface area contributed by atoms with Crippen LogP contribution in [0.4, 0.5) is 0 Å². The molecule has 0 heteroatoms. The second-order valence-corrected chi connectivity index (χ2v) is 6.90. The second kappa shape index (κ2) is 5.56. The van der Waals surface area contributed by atoms with E-state index in [9.17, 15) is 0 Å². The Morgan fingerprint density at radius 3 is 1.25 bits per heavy atom. The van der Waals surface area contributed by atoms with Crippen molar-refractivity contribution in [3.05, 3.63) is 0 Å². The minimum atomic E-state index is 1.01. The average Bonchev–Trinajstić information content (AvgIpc) is 2.30. The van der Waals surface area contributed by atoms with E-state index in [1.165, 1.54) is 51.4 Å². The van der Waals surface area contributed by atoms with Crippen molar-refractivity contribution in [3.8, 4) is 0 Å². The van der Waals surface area contributed by atoms with Crippen LogP contribution in [0.15, 0.2) is 0 Å². The van der Waals surface area contributed by atoms with Crippen molar-refractivity contribution in [3.63, 3.8) is 0 Å². The summed E-state index contributed by atoms with van der Waals surface area (Å²) < 4.78 is 0. The van der Waals surface area contributed by atoms with Crippen molar-refractivity contribution in [2.45, 2.75) is 72.1 Å². The molecule has 16 heavy (non-hydrogen) atoms. The molecule has 0 amide bonds. The molecule has 2 aliphatic rings. The second-order valence-electron chi connectivity index (χ2n) is 6.90. The van der Waals surface area contributed by atoms with Crippen molar-refractivity contribution >= 4 is 0 Å². The first-order valence-corrected chi connectivity index (χ1v) is 7.66. The normalized spacial score (nSPS) is 42.9. The van der Waals surface area contributed by atoms with Gasteiger partial charge in [0.1, 0.15) is 0 Å². The lowest BCUT2D eigenvalue weighted by Crippen LogP contribution is -2.27. The predicted octanol–water partition coefficient (Wildman–Crippen LogP) is 5.28. The summed E-state index contributed by atoms with van der Waals surface area (Å²) in [5.41, 5.74) is 0. The zero-order chi connectivity index (χ0) is 11.5. The molecule has 2 aliphatic carbocycles. The van der Waals surface area contributed by atoms with E-state index in [-0.39, 0.29) is 0 Å². The molecule has 2 fully saturated rings. The van der Waals surface area contributed by atoms with Gasteiger partial charge >= 0.3 is 0 Å². The molecule has 0 N–H and O–H groups in total. The number of hydrogen-bond acceptors (Lipinski definition) is 0. The van der Waals surface area contributed by atoms with E-state index in [2.05, 4.69) is 20.8 Å². The Bertz CT molecular complexity index is 170. The number of hydrogen-bond donors (Lipinski definition) is 0. The molecule has 0 aliphatic heterocycles. The molecule has 0 radical (unpaired) electrons. The molecule has 0 spiro atoms. The Morgan fingerprint density at radius 1 is 0.625 bits per heavy atom. The van der Waals surface area contributed by atoms with Gasteiger partial charge in [0, 0.05) is 0 Å². The van der Waals surface area contributed by atoms with Gasteiger partial charge in [-0.25, -0.2) is 0 Å². The third kappa shape index (κ3) is 3.02. The van der Waals surface area contributed by atoms with Gasteiger partial charge in [-0.15, -0.1) is 0 Å². The summed E-state index contributed by atoms with van der Waals surface area (Å²) in [6, 6.07) is 0. The zero-order valence-electron chi connectivity index (χ0n) is 11.5. The highest BCUT2D eigenvalue weighted by Gasteiger charge is 2.30. The Kier molecular flexibility index (Phi) is 4.33. The highest BCUT2D eigenvalue weighted by Crippen LogP contribution is 2.41. The van der Waals surface area contributed by atoms with Gasteiger partial charge in [-0.05, 0) is 55.3 Å². The molecule has 0 atom stereocenters. The minimum Gasteiger partial charge on any atom is -0.0625 e. The zero-order valence-corrected chi connectivity index (χ0v) is 11.5. The molecule has 2 rings (SSSR count). The van der Waals surface area contributed by atoms with Crippen LogP contribution in [-0.4, -0.2) is 0 Å².